The van der Waals surface area contributed by atoms with Gasteiger partial charge in [-0.05, 0) is 37.0 Å². The Labute approximate surface area is 96.2 Å². The van der Waals surface area contributed by atoms with E-state index >= 15 is 0 Å². The van der Waals surface area contributed by atoms with E-state index in [9.17, 15) is 4.39 Å². The molecule has 0 bridgehead atoms. The fourth-order valence-electron chi connectivity index (χ4n) is 2.22. The molecule has 0 aromatic heterocycles. The van der Waals surface area contributed by atoms with Crippen molar-refractivity contribution in [2.75, 3.05) is 18.0 Å². The monoisotopic (exact) mass is 222 g/mol. The zero-order valence-electron chi connectivity index (χ0n) is 9.91. The van der Waals surface area contributed by atoms with Gasteiger partial charge in [0.05, 0.1) is 5.69 Å². The number of nitrogens with two attached hydrogens (primary N) is 1. The highest BCUT2D eigenvalue weighted by molar-refractivity contribution is 5.50. The van der Waals surface area contributed by atoms with E-state index in [0.29, 0.717) is 11.6 Å². The van der Waals surface area contributed by atoms with Gasteiger partial charge in [-0.3, -0.25) is 0 Å². The summed E-state index contributed by atoms with van der Waals surface area (Å²) in [4.78, 5) is 2.12. The van der Waals surface area contributed by atoms with E-state index in [1.165, 1.54) is 0 Å². The normalized spacial score (nSPS) is 22.5. The number of anilines is 1. The van der Waals surface area contributed by atoms with Gasteiger partial charge in [-0.25, -0.2) is 4.39 Å². The van der Waals surface area contributed by atoms with Crippen LogP contribution in [0.25, 0.3) is 0 Å². The van der Waals surface area contributed by atoms with Crippen LogP contribution in [-0.4, -0.2) is 13.1 Å². The van der Waals surface area contributed by atoms with Gasteiger partial charge in [0, 0.05) is 19.1 Å². The van der Waals surface area contributed by atoms with E-state index in [-0.39, 0.29) is 11.9 Å². The second kappa shape index (κ2) is 4.42. The Kier molecular flexibility index (Phi) is 3.15. The molecule has 0 radical (unpaired) electrons. The Balaban J connectivity index is 2.22. The lowest BCUT2D eigenvalue weighted by atomic mass is 10.1. The molecule has 0 spiro atoms. The molecule has 1 aliphatic heterocycles. The van der Waals surface area contributed by atoms with Crippen molar-refractivity contribution in [2.45, 2.75) is 26.3 Å². The maximum atomic E-state index is 13.9. The Hall–Kier alpha value is -1.09. The predicted octanol–water partition coefficient (Wildman–Crippen LogP) is 2.69. The molecule has 2 atom stereocenters. The molecule has 2 N–H and O–H groups in total. The van der Waals surface area contributed by atoms with Crippen molar-refractivity contribution in [3.05, 3.63) is 29.6 Å². The van der Waals surface area contributed by atoms with Crippen molar-refractivity contribution >= 4 is 5.69 Å². The quantitative estimate of drug-likeness (QED) is 0.833. The average Bonchev–Trinajstić information content (AvgIpc) is 2.64. The molecule has 2 rings (SSSR count). The lowest BCUT2D eigenvalue weighted by molar-refractivity contribution is 0.615. The number of hydrogen-bond donors (Lipinski definition) is 1. The van der Waals surface area contributed by atoms with Crippen LogP contribution in [0.15, 0.2) is 18.2 Å². The molecule has 1 aliphatic rings. The first-order valence-corrected chi connectivity index (χ1v) is 5.88. The minimum Gasteiger partial charge on any atom is -0.369 e. The fraction of sp³-hybridized carbons (Fsp3) is 0.538. The van der Waals surface area contributed by atoms with Gasteiger partial charge in [0.1, 0.15) is 5.82 Å². The van der Waals surface area contributed by atoms with Crippen LogP contribution in [0.5, 0.6) is 0 Å². The van der Waals surface area contributed by atoms with Gasteiger partial charge < -0.3 is 10.6 Å². The van der Waals surface area contributed by atoms with Gasteiger partial charge >= 0.3 is 0 Å². The molecule has 0 amide bonds. The third kappa shape index (κ3) is 2.19. The van der Waals surface area contributed by atoms with Crippen molar-refractivity contribution in [3.63, 3.8) is 0 Å². The van der Waals surface area contributed by atoms with E-state index in [2.05, 4.69) is 11.8 Å². The zero-order chi connectivity index (χ0) is 11.7. The summed E-state index contributed by atoms with van der Waals surface area (Å²) < 4.78 is 13.9. The van der Waals surface area contributed by atoms with Gasteiger partial charge in [-0.2, -0.15) is 0 Å². The fourth-order valence-corrected chi connectivity index (χ4v) is 2.22. The molecular weight excluding hydrogens is 203 g/mol. The Bertz CT molecular complexity index is 376. The maximum absolute atomic E-state index is 13.9. The minimum absolute atomic E-state index is 0.110. The summed E-state index contributed by atoms with van der Waals surface area (Å²) in [5.74, 6) is 0.511. The van der Waals surface area contributed by atoms with E-state index in [4.69, 9.17) is 5.73 Å². The third-order valence-corrected chi connectivity index (χ3v) is 3.26. The highest BCUT2D eigenvalue weighted by Crippen LogP contribution is 2.27. The van der Waals surface area contributed by atoms with Crippen molar-refractivity contribution in [3.8, 4) is 0 Å². The topological polar surface area (TPSA) is 29.3 Å². The van der Waals surface area contributed by atoms with Crippen LogP contribution < -0.4 is 10.6 Å². The summed E-state index contributed by atoms with van der Waals surface area (Å²) in [5, 5.41) is 0. The van der Waals surface area contributed by atoms with Gasteiger partial charge in [-0.15, -0.1) is 0 Å². The summed E-state index contributed by atoms with van der Waals surface area (Å²) in [6.07, 6.45) is 1.15. The van der Waals surface area contributed by atoms with Crippen LogP contribution in [0.3, 0.4) is 0 Å². The molecule has 3 heteroatoms. The van der Waals surface area contributed by atoms with Crippen molar-refractivity contribution in [1.29, 1.82) is 0 Å². The Morgan fingerprint density at radius 3 is 2.75 bits per heavy atom. The molecule has 0 saturated carbocycles. The lowest BCUT2D eigenvalue weighted by Gasteiger charge is -2.19. The average molecular weight is 222 g/mol. The molecule has 16 heavy (non-hydrogen) atoms. The van der Waals surface area contributed by atoms with Crippen LogP contribution in [0.4, 0.5) is 10.1 Å². The van der Waals surface area contributed by atoms with Gasteiger partial charge in [-0.1, -0.05) is 13.0 Å². The lowest BCUT2D eigenvalue weighted by Crippen LogP contribution is -2.20. The van der Waals surface area contributed by atoms with Crippen molar-refractivity contribution < 1.29 is 4.39 Å². The number of nitrogens with zero attached hydrogens (tertiary/aromatic N) is 1. The smallest absolute Gasteiger partial charge is 0.146 e. The van der Waals surface area contributed by atoms with E-state index < -0.39 is 0 Å². The van der Waals surface area contributed by atoms with Crippen LogP contribution in [0, 0.1) is 11.7 Å². The molecule has 88 valence electrons. The summed E-state index contributed by atoms with van der Waals surface area (Å²) in [6, 6.07) is 5.22. The Morgan fingerprint density at radius 1 is 1.50 bits per heavy atom. The standard InChI is InChI=1S/C13H19FN2/c1-9-5-6-16(8-9)13-4-3-11(10(2)15)7-12(13)14/h3-4,7,9-10H,5-6,8,15H2,1-2H3/t9?,10-/m0/s1. The second-order valence-electron chi connectivity index (χ2n) is 4.84. The summed E-state index contributed by atoms with van der Waals surface area (Å²) >= 11 is 0. The highest BCUT2D eigenvalue weighted by Gasteiger charge is 2.21. The Morgan fingerprint density at radius 2 is 2.25 bits per heavy atom. The molecule has 1 aromatic rings. The first-order chi connectivity index (χ1) is 7.58. The van der Waals surface area contributed by atoms with Crippen molar-refractivity contribution in [2.24, 2.45) is 11.7 Å². The first-order valence-electron chi connectivity index (χ1n) is 5.88. The molecule has 1 fully saturated rings. The number of benzene rings is 1. The van der Waals surface area contributed by atoms with Crippen LogP contribution in [-0.2, 0) is 0 Å². The molecule has 1 saturated heterocycles. The predicted molar refractivity (Wildman–Crippen MR) is 65.0 cm³/mol. The zero-order valence-corrected chi connectivity index (χ0v) is 9.91. The highest BCUT2D eigenvalue weighted by atomic mass is 19.1. The number of hydrogen-bond acceptors (Lipinski definition) is 2. The van der Waals surface area contributed by atoms with Gasteiger partial charge in [0.2, 0.25) is 0 Å². The van der Waals surface area contributed by atoms with Crippen molar-refractivity contribution in [1.82, 2.24) is 0 Å². The van der Waals surface area contributed by atoms with Gasteiger partial charge in [0.25, 0.3) is 0 Å². The molecule has 2 nitrogen and oxygen atoms in total. The summed E-state index contributed by atoms with van der Waals surface area (Å²) in [5.41, 5.74) is 7.30. The third-order valence-electron chi connectivity index (χ3n) is 3.26. The molecule has 1 unspecified atom stereocenters. The molecule has 1 heterocycles. The van der Waals surface area contributed by atoms with Crippen LogP contribution in [0.1, 0.15) is 31.9 Å². The SMILES string of the molecule is CC1CCN(c2ccc([C@H](C)N)cc2F)C1. The first kappa shape index (κ1) is 11.4. The van der Waals surface area contributed by atoms with E-state index in [0.717, 1.165) is 25.1 Å². The van der Waals surface area contributed by atoms with E-state index in [1.807, 2.05) is 19.1 Å². The second-order valence-corrected chi connectivity index (χ2v) is 4.84. The summed E-state index contributed by atoms with van der Waals surface area (Å²) in [7, 11) is 0. The molecule has 0 aliphatic carbocycles. The largest absolute Gasteiger partial charge is 0.369 e. The number of rotatable bonds is 2. The molecular formula is C13H19FN2. The van der Waals surface area contributed by atoms with Crippen LogP contribution in [0.2, 0.25) is 0 Å². The number of halogens is 1. The van der Waals surface area contributed by atoms with Gasteiger partial charge in [0.15, 0.2) is 0 Å². The van der Waals surface area contributed by atoms with Crippen LogP contribution >= 0.6 is 0 Å². The van der Waals surface area contributed by atoms with E-state index in [1.54, 1.807) is 6.07 Å². The minimum atomic E-state index is -0.149. The maximum Gasteiger partial charge on any atom is 0.146 e. The summed E-state index contributed by atoms with van der Waals surface area (Å²) in [6.45, 7) is 5.98. The molecule has 1 aromatic carbocycles.